The monoisotopic (exact) mass is 282 g/mol. The Labute approximate surface area is 115 Å². The molecule has 0 bridgehead atoms. The van der Waals surface area contributed by atoms with Crippen LogP contribution >= 0.6 is 11.3 Å². The summed E-state index contributed by atoms with van der Waals surface area (Å²) in [6.07, 6.45) is 3.22. The number of hydrogen-bond acceptors (Lipinski definition) is 3. The van der Waals surface area contributed by atoms with E-state index in [0.717, 1.165) is 24.0 Å². The van der Waals surface area contributed by atoms with Crippen molar-refractivity contribution in [3.63, 3.8) is 0 Å². The van der Waals surface area contributed by atoms with Crippen molar-refractivity contribution in [3.8, 4) is 0 Å². The highest BCUT2D eigenvalue weighted by Crippen LogP contribution is 2.23. The summed E-state index contributed by atoms with van der Waals surface area (Å²) in [5.74, 6) is -1.58. The van der Waals surface area contributed by atoms with E-state index in [4.69, 9.17) is 0 Å². The Bertz CT molecular complexity index is 514. The second-order valence-electron chi connectivity index (χ2n) is 4.28. The van der Waals surface area contributed by atoms with E-state index in [0.29, 0.717) is 12.0 Å². The molecular weight excluding hydrogens is 266 g/mol. The van der Waals surface area contributed by atoms with E-state index in [1.807, 2.05) is 12.3 Å². The van der Waals surface area contributed by atoms with Crippen molar-refractivity contribution in [2.75, 3.05) is 6.54 Å². The summed E-state index contributed by atoms with van der Waals surface area (Å²) >= 11 is 1.52. The molecule has 102 valence electrons. The highest BCUT2D eigenvalue weighted by molar-refractivity contribution is 7.09. The Hall–Kier alpha value is -1.33. The Balaban J connectivity index is 2.23. The zero-order valence-corrected chi connectivity index (χ0v) is 11.5. The first-order valence-electron chi connectivity index (χ1n) is 6.28. The minimum Gasteiger partial charge on any atom is -0.309 e. The number of halogens is 2. The maximum absolute atomic E-state index is 13.9. The summed E-state index contributed by atoms with van der Waals surface area (Å²) in [5.41, 5.74) is 0.364. The van der Waals surface area contributed by atoms with E-state index in [-0.39, 0.29) is 6.04 Å². The molecular formula is C14H16F2N2S. The van der Waals surface area contributed by atoms with Gasteiger partial charge in [-0.15, -0.1) is 11.3 Å². The molecule has 0 fully saturated rings. The van der Waals surface area contributed by atoms with Crippen molar-refractivity contribution in [2.45, 2.75) is 25.8 Å². The van der Waals surface area contributed by atoms with E-state index in [1.165, 1.54) is 17.4 Å². The standard InChI is InChI=1S/C14H16F2N2S/c1-2-6-17-12(9-13-18-7-8-19-13)10-4-3-5-11(15)14(10)16/h3-5,7-8,12,17H,2,6,9H2,1H3. The molecule has 0 spiro atoms. The SMILES string of the molecule is CCCNC(Cc1nccs1)c1cccc(F)c1F. The van der Waals surface area contributed by atoms with Crippen LogP contribution in [0.1, 0.15) is 30.0 Å². The predicted molar refractivity (Wildman–Crippen MR) is 73.2 cm³/mol. The van der Waals surface area contributed by atoms with Crippen LogP contribution in [0.2, 0.25) is 0 Å². The first-order valence-corrected chi connectivity index (χ1v) is 7.16. The number of rotatable bonds is 6. The van der Waals surface area contributed by atoms with Crippen LogP contribution < -0.4 is 5.32 Å². The van der Waals surface area contributed by atoms with Crippen LogP contribution in [0.25, 0.3) is 0 Å². The number of nitrogens with zero attached hydrogens (tertiary/aromatic N) is 1. The van der Waals surface area contributed by atoms with Gasteiger partial charge < -0.3 is 5.32 Å². The van der Waals surface area contributed by atoms with Gasteiger partial charge in [0.1, 0.15) is 0 Å². The quantitative estimate of drug-likeness (QED) is 0.873. The lowest BCUT2D eigenvalue weighted by Crippen LogP contribution is -2.25. The van der Waals surface area contributed by atoms with Gasteiger partial charge in [0, 0.05) is 29.6 Å². The molecule has 0 radical (unpaired) electrons. The van der Waals surface area contributed by atoms with Gasteiger partial charge in [0.25, 0.3) is 0 Å². The molecule has 2 aromatic rings. The normalized spacial score (nSPS) is 12.6. The third-order valence-electron chi connectivity index (χ3n) is 2.86. The van der Waals surface area contributed by atoms with Gasteiger partial charge in [-0.25, -0.2) is 13.8 Å². The summed E-state index contributed by atoms with van der Waals surface area (Å²) in [6, 6.07) is 4.05. The molecule has 2 rings (SSSR count). The topological polar surface area (TPSA) is 24.9 Å². The van der Waals surface area contributed by atoms with Crippen molar-refractivity contribution < 1.29 is 8.78 Å². The third-order valence-corrected chi connectivity index (χ3v) is 3.66. The van der Waals surface area contributed by atoms with Crippen LogP contribution in [0.5, 0.6) is 0 Å². The van der Waals surface area contributed by atoms with Gasteiger partial charge >= 0.3 is 0 Å². The van der Waals surface area contributed by atoms with Gasteiger partial charge in [-0.05, 0) is 19.0 Å². The van der Waals surface area contributed by atoms with Gasteiger partial charge in [0.15, 0.2) is 11.6 Å². The van der Waals surface area contributed by atoms with Crippen LogP contribution in [-0.2, 0) is 6.42 Å². The molecule has 1 aromatic carbocycles. The Morgan fingerprint density at radius 2 is 2.21 bits per heavy atom. The molecule has 0 aliphatic rings. The van der Waals surface area contributed by atoms with E-state index >= 15 is 0 Å². The first-order chi connectivity index (χ1) is 9.22. The van der Waals surface area contributed by atoms with Crippen molar-refractivity contribution in [1.29, 1.82) is 0 Å². The van der Waals surface area contributed by atoms with Crippen molar-refractivity contribution in [1.82, 2.24) is 10.3 Å². The molecule has 1 atom stereocenters. The van der Waals surface area contributed by atoms with Gasteiger partial charge in [0.2, 0.25) is 0 Å². The average Bonchev–Trinajstić information content (AvgIpc) is 2.91. The van der Waals surface area contributed by atoms with Crippen LogP contribution in [0.3, 0.4) is 0 Å². The average molecular weight is 282 g/mol. The second-order valence-corrected chi connectivity index (χ2v) is 5.26. The number of aromatic nitrogens is 1. The summed E-state index contributed by atoms with van der Waals surface area (Å²) in [5, 5.41) is 6.05. The van der Waals surface area contributed by atoms with Crippen LogP contribution in [0.4, 0.5) is 8.78 Å². The Kier molecular flexibility index (Phi) is 4.99. The predicted octanol–water partition coefficient (Wildman–Crippen LogP) is 3.70. The molecule has 1 aromatic heterocycles. The molecule has 0 saturated carbocycles. The van der Waals surface area contributed by atoms with Crippen LogP contribution in [-0.4, -0.2) is 11.5 Å². The molecule has 0 saturated heterocycles. The van der Waals surface area contributed by atoms with E-state index in [2.05, 4.69) is 10.3 Å². The molecule has 5 heteroatoms. The fourth-order valence-electron chi connectivity index (χ4n) is 1.93. The highest BCUT2D eigenvalue weighted by atomic mass is 32.1. The number of hydrogen-bond donors (Lipinski definition) is 1. The maximum atomic E-state index is 13.9. The van der Waals surface area contributed by atoms with Crippen molar-refractivity contribution in [3.05, 3.63) is 52.0 Å². The van der Waals surface area contributed by atoms with Crippen molar-refractivity contribution >= 4 is 11.3 Å². The Morgan fingerprint density at radius 3 is 2.89 bits per heavy atom. The molecule has 2 nitrogen and oxygen atoms in total. The van der Waals surface area contributed by atoms with Gasteiger partial charge in [-0.2, -0.15) is 0 Å². The van der Waals surface area contributed by atoms with Gasteiger partial charge in [0.05, 0.1) is 5.01 Å². The summed E-state index contributed by atoms with van der Waals surface area (Å²) in [7, 11) is 0. The first kappa shape index (κ1) is 14.1. The number of nitrogens with one attached hydrogen (secondary N) is 1. The summed E-state index contributed by atoms with van der Waals surface area (Å²) < 4.78 is 27.2. The molecule has 19 heavy (non-hydrogen) atoms. The zero-order valence-electron chi connectivity index (χ0n) is 10.7. The lowest BCUT2D eigenvalue weighted by molar-refractivity contribution is 0.459. The van der Waals surface area contributed by atoms with Gasteiger partial charge in [-0.1, -0.05) is 19.1 Å². The van der Waals surface area contributed by atoms with Crippen LogP contribution in [0, 0.1) is 11.6 Å². The Morgan fingerprint density at radius 1 is 1.37 bits per heavy atom. The second kappa shape index (κ2) is 6.73. The third kappa shape index (κ3) is 3.58. The summed E-state index contributed by atoms with van der Waals surface area (Å²) in [6.45, 7) is 2.79. The fourth-order valence-corrected chi connectivity index (χ4v) is 2.59. The van der Waals surface area contributed by atoms with E-state index in [9.17, 15) is 8.78 Å². The molecule has 1 unspecified atom stereocenters. The smallest absolute Gasteiger partial charge is 0.163 e. The number of benzene rings is 1. The lowest BCUT2D eigenvalue weighted by Gasteiger charge is -2.18. The minimum absolute atomic E-state index is 0.248. The lowest BCUT2D eigenvalue weighted by atomic mass is 10.0. The highest BCUT2D eigenvalue weighted by Gasteiger charge is 2.19. The maximum Gasteiger partial charge on any atom is 0.163 e. The molecule has 0 amide bonds. The number of thiazole rings is 1. The minimum atomic E-state index is -0.806. The zero-order chi connectivity index (χ0) is 13.7. The van der Waals surface area contributed by atoms with E-state index < -0.39 is 11.6 Å². The molecule has 0 aliphatic heterocycles. The molecule has 0 aliphatic carbocycles. The fraction of sp³-hybridized carbons (Fsp3) is 0.357. The van der Waals surface area contributed by atoms with Gasteiger partial charge in [-0.3, -0.25) is 0 Å². The molecule has 1 N–H and O–H groups in total. The molecule has 1 heterocycles. The summed E-state index contributed by atoms with van der Waals surface area (Å²) in [4.78, 5) is 4.20. The van der Waals surface area contributed by atoms with Crippen molar-refractivity contribution in [2.24, 2.45) is 0 Å². The van der Waals surface area contributed by atoms with Crippen LogP contribution in [0.15, 0.2) is 29.8 Å². The largest absolute Gasteiger partial charge is 0.309 e. The van der Waals surface area contributed by atoms with E-state index in [1.54, 1.807) is 12.3 Å².